The van der Waals surface area contributed by atoms with E-state index in [-0.39, 0.29) is 5.82 Å². The summed E-state index contributed by atoms with van der Waals surface area (Å²) in [7, 11) is 0. The summed E-state index contributed by atoms with van der Waals surface area (Å²) in [5.74, 6) is 0.382. The zero-order valence-corrected chi connectivity index (χ0v) is 14.2. The average Bonchev–Trinajstić information content (AvgIpc) is 3.00. The highest BCUT2D eigenvalue weighted by atomic mass is 19.1. The summed E-state index contributed by atoms with van der Waals surface area (Å²) in [5, 5.41) is 0. The Labute approximate surface area is 145 Å². The van der Waals surface area contributed by atoms with Crippen molar-refractivity contribution in [1.82, 2.24) is 4.98 Å². The van der Waals surface area contributed by atoms with Crippen LogP contribution in [0.1, 0.15) is 16.7 Å². The molecule has 3 nitrogen and oxygen atoms in total. The van der Waals surface area contributed by atoms with Crippen LogP contribution in [0.25, 0.3) is 22.6 Å². The highest BCUT2D eigenvalue weighted by Crippen LogP contribution is 2.25. The zero-order valence-electron chi connectivity index (χ0n) is 14.2. The van der Waals surface area contributed by atoms with Gasteiger partial charge in [-0.05, 0) is 67.4 Å². The standard InChI is InChI=1S/C21H18FN2O/c1-14-10-19-20(11-15(14)2)25-21(23-19)17-4-3-9-24(13-17)12-16-5-7-18(22)8-6-16/h3-11,13H,12H2,1-2H3/q+1. The van der Waals surface area contributed by atoms with E-state index in [1.165, 1.54) is 23.3 Å². The van der Waals surface area contributed by atoms with Gasteiger partial charge in [0.05, 0.1) is 0 Å². The maximum atomic E-state index is 13.0. The molecule has 0 fully saturated rings. The van der Waals surface area contributed by atoms with Gasteiger partial charge < -0.3 is 4.42 Å². The second-order valence-corrected chi connectivity index (χ2v) is 6.31. The van der Waals surface area contributed by atoms with Crippen LogP contribution >= 0.6 is 0 Å². The second kappa shape index (κ2) is 6.13. The molecule has 4 aromatic rings. The van der Waals surface area contributed by atoms with E-state index in [0.717, 1.165) is 22.2 Å². The smallest absolute Gasteiger partial charge is 0.233 e. The maximum absolute atomic E-state index is 13.0. The fourth-order valence-corrected chi connectivity index (χ4v) is 2.85. The van der Waals surface area contributed by atoms with Crippen LogP contribution in [0.5, 0.6) is 0 Å². The van der Waals surface area contributed by atoms with Crippen LogP contribution in [0.2, 0.25) is 0 Å². The molecule has 4 rings (SSSR count). The van der Waals surface area contributed by atoms with Crippen molar-refractivity contribution in [3.05, 3.63) is 83.4 Å². The van der Waals surface area contributed by atoms with Crippen molar-refractivity contribution in [2.24, 2.45) is 0 Å². The average molecular weight is 333 g/mol. The number of aromatic nitrogens is 2. The van der Waals surface area contributed by atoms with Crippen LogP contribution in [-0.4, -0.2) is 4.98 Å². The third kappa shape index (κ3) is 3.15. The van der Waals surface area contributed by atoms with E-state index in [9.17, 15) is 4.39 Å². The first-order valence-corrected chi connectivity index (χ1v) is 8.20. The van der Waals surface area contributed by atoms with Crippen molar-refractivity contribution in [1.29, 1.82) is 0 Å². The molecule has 0 aliphatic carbocycles. The van der Waals surface area contributed by atoms with Gasteiger partial charge in [0.1, 0.15) is 16.9 Å². The molecule has 0 spiro atoms. The Hall–Kier alpha value is -3.01. The van der Waals surface area contributed by atoms with Crippen LogP contribution in [0.4, 0.5) is 4.39 Å². The van der Waals surface area contributed by atoms with Crippen molar-refractivity contribution in [3.8, 4) is 11.5 Å². The van der Waals surface area contributed by atoms with Crippen LogP contribution in [0.15, 0.2) is 65.3 Å². The molecule has 2 aromatic heterocycles. The molecule has 0 bridgehead atoms. The molecular formula is C21H18FN2O+. The van der Waals surface area contributed by atoms with Crippen molar-refractivity contribution < 1.29 is 13.4 Å². The Bertz CT molecular complexity index is 1010. The molecule has 0 saturated heterocycles. The lowest BCUT2D eigenvalue weighted by atomic mass is 10.1. The molecule has 25 heavy (non-hydrogen) atoms. The first-order valence-electron chi connectivity index (χ1n) is 8.20. The van der Waals surface area contributed by atoms with Gasteiger partial charge in [-0.1, -0.05) is 0 Å². The van der Waals surface area contributed by atoms with E-state index in [0.29, 0.717) is 12.4 Å². The lowest BCUT2D eigenvalue weighted by Gasteiger charge is -1.99. The SMILES string of the molecule is Cc1cc2nc(-c3ccc[n+](Cc4ccc(F)cc4)c3)oc2cc1C. The fourth-order valence-electron chi connectivity index (χ4n) is 2.85. The first kappa shape index (κ1) is 15.5. The Morgan fingerprint density at radius 1 is 1.04 bits per heavy atom. The zero-order chi connectivity index (χ0) is 17.4. The normalized spacial score (nSPS) is 11.2. The lowest BCUT2D eigenvalue weighted by Crippen LogP contribution is -2.33. The summed E-state index contributed by atoms with van der Waals surface area (Å²) in [6.07, 6.45) is 3.97. The van der Waals surface area contributed by atoms with Gasteiger partial charge in [-0.15, -0.1) is 0 Å². The Kier molecular flexibility index (Phi) is 3.80. The van der Waals surface area contributed by atoms with Crippen LogP contribution in [-0.2, 0) is 6.54 Å². The number of hydrogen-bond donors (Lipinski definition) is 0. The molecule has 2 heterocycles. The minimum absolute atomic E-state index is 0.223. The number of oxazole rings is 1. The Morgan fingerprint density at radius 3 is 2.60 bits per heavy atom. The van der Waals surface area contributed by atoms with Crippen molar-refractivity contribution >= 4 is 11.1 Å². The largest absolute Gasteiger partial charge is 0.436 e. The number of fused-ring (bicyclic) bond motifs is 1. The predicted molar refractivity (Wildman–Crippen MR) is 94.6 cm³/mol. The van der Waals surface area contributed by atoms with E-state index >= 15 is 0 Å². The Balaban J connectivity index is 1.68. The molecule has 2 aromatic carbocycles. The number of halogens is 1. The maximum Gasteiger partial charge on any atom is 0.233 e. The molecule has 124 valence electrons. The van der Waals surface area contributed by atoms with Crippen LogP contribution in [0, 0.1) is 19.7 Å². The number of hydrogen-bond acceptors (Lipinski definition) is 2. The molecule has 0 radical (unpaired) electrons. The van der Waals surface area contributed by atoms with Crippen molar-refractivity contribution in [2.45, 2.75) is 20.4 Å². The molecule has 0 atom stereocenters. The predicted octanol–water partition coefficient (Wildman–Crippen LogP) is 4.59. The number of pyridine rings is 1. The first-order chi connectivity index (χ1) is 12.1. The van der Waals surface area contributed by atoms with Crippen molar-refractivity contribution in [3.63, 3.8) is 0 Å². The van der Waals surface area contributed by atoms with Gasteiger partial charge in [0.2, 0.25) is 5.89 Å². The van der Waals surface area contributed by atoms with E-state index in [1.807, 2.05) is 41.2 Å². The third-order valence-electron chi connectivity index (χ3n) is 4.39. The summed E-state index contributed by atoms with van der Waals surface area (Å²) < 4.78 is 21.0. The van der Waals surface area contributed by atoms with E-state index in [1.54, 1.807) is 12.1 Å². The molecule has 0 aliphatic heterocycles. The minimum atomic E-state index is -0.223. The van der Waals surface area contributed by atoms with Crippen LogP contribution in [0.3, 0.4) is 0 Å². The minimum Gasteiger partial charge on any atom is -0.436 e. The van der Waals surface area contributed by atoms with Gasteiger partial charge in [0.15, 0.2) is 24.5 Å². The second-order valence-electron chi connectivity index (χ2n) is 6.31. The highest BCUT2D eigenvalue weighted by molar-refractivity contribution is 5.77. The summed E-state index contributed by atoms with van der Waals surface area (Å²) in [5.41, 5.74) is 6.00. The van der Waals surface area contributed by atoms with Crippen LogP contribution < -0.4 is 4.57 Å². The molecule has 0 N–H and O–H groups in total. The molecule has 0 aliphatic rings. The van der Waals surface area contributed by atoms with E-state index < -0.39 is 0 Å². The number of benzene rings is 2. The summed E-state index contributed by atoms with van der Waals surface area (Å²) >= 11 is 0. The molecular weight excluding hydrogens is 315 g/mol. The van der Waals surface area contributed by atoms with E-state index in [2.05, 4.69) is 18.8 Å². The fraction of sp³-hybridized carbons (Fsp3) is 0.143. The molecule has 0 amide bonds. The van der Waals surface area contributed by atoms with Crippen molar-refractivity contribution in [2.75, 3.05) is 0 Å². The van der Waals surface area contributed by atoms with Gasteiger partial charge in [-0.2, -0.15) is 4.57 Å². The number of aryl methyl sites for hydroxylation is 2. The molecule has 0 saturated carbocycles. The number of nitrogens with zero attached hydrogens (tertiary/aromatic N) is 2. The quantitative estimate of drug-likeness (QED) is 0.513. The topological polar surface area (TPSA) is 29.9 Å². The van der Waals surface area contributed by atoms with Gasteiger partial charge in [-0.3, -0.25) is 0 Å². The lowest BCUT2D eigenvalue weighted by molar-refractivity contribution is -0.687. The number of rotatable bonds is 3. The van der Waals surface area contributed by atoms with Gasteiger partial charge in [0.25, 0.3) is 0 Å². The van der Waals surface area contributed by atoms with Gasteiger partial charge in [-0.25, -0.2) is 9.37 Å². The summed E-state index contributed by atoms with van der Waals surface area (Å²) in [6, 6.07) is 14.6. The van der Waals surface area contributed by atoms with Gasteiger partial charge in [0, 0.05) is 11.6 Å². The van der Waals surface area contributed by atoms with E-state index in [4.69, 9.17) is 4.42 Å². The van der Waals surface area contributed by atoms with Gasteiger partial charge >= 0.3 is 0 Å². The molecule has 0 unspecified atom stereocenters. The highest BCUT2D eigenvalue weighted by Gasteiger charge is 2.13. The summed E-state index contributed by atoms with van der Waals surface area (Å²) in [4.78, 5) is 4.62. The molecule has 4 heteroatoms. The monoisotopic (exact) mass is 333 g/mol. The third-order valence-corrected chi connectivity index (χ3v) is 4.39. The summed E-state index contributed by atoms with van der Waals surface area (Å²) in [6.45, 7) is 4.80. The Morgan fingerprint density at radius 2 is 1.80 bits per heavy atom.